The van der Waals surface area contributed by atoms with Crippen LogP contribution in [0, 0.1) is 0 Å². The van der Waals surface area contributed by atoms with Crippen molar-refractivity contribution >= 4 is 23.3 Å². The molecule has 0 fully saturated rings. The van der Waals surface area contributed by atoms with E-state index in [9.17, 15) is 4.79 Å². The number of ether oxygens (including phenoxy) is 1. The van der Waals surface area contributed by atoms with Crippen LogP contribution >= 0.6 is 11.6 Å². The van der Waals surface area contributed by atoms with Gasteiger partial charge in [0, 0.05) is 26.0 Å². The largest absolute Gasteiger partial charge is 0.383 e. The summed E-state index contributed by atoms with van der Waals surface area (Å²) < 4.78 is 5.13. The first-order valence-corrected chi connectivity index (χ1v) is 7.08. The molecular formula is C15H17ClN4O2. The molecule has 116 valence electrons. The third-order valence-electron chi connectivity index (χ3n) is 3.05. The minimum Gasteiger partial charge on any atom is -0.383 e. The average molecular weight is 321 g/mol. The van der Waals surface area contributed by atoms with Crippen LogP contribution in [0.15, 0.2) is 36.7 Å². The molecule has 2 aromatic heterocycles. The lowest BCUT2D eigenvalue weighted by Crippen LogP contribution is -2.28. The number of amides is 1. The second kappa shape index (κ2) is 7.72. The van der Waals surface area contributed by atoms with Crippen LogP contribution in [0.3, 0.4) is 0 Å². The summed E-state index contributed by atoms with van der Waals surface area (Å²) in [5, 5.41) is 0.364. The topological polar surface area (TPSA) is 81.3 Å². The number of halogens is 1. The molecule has 0 aliphatic rings. The van der Waals surface area contributed by atoms with E-state index < -0.39 is 5.91 Å². The van der Waals surface area contributed by atoms with Crippen molar-refractivity contribution in [3.63, 3.8) is 0 Å². The number of nitrogens with two attached hydrogens (primary N) is 1. The number of pyridine rings is 2. The lowest BCUT2D eigenvalue weighted by molar-refractivity contribution is 0.1000. The highest BCUT2D eigenvalue weighted by molar-refractivity contribution is 6.33. The fourth-order valence-electron chi connectivity index (χ4n) is 1.95. The summed E-state index contributed by atoms with van der Waals surface area (Å²) in [5.74, 6) is 0.00323. The number of nitrogens with zero attached hydrogens (tertiary/aromatic N) is 3. The van der Waals surface area contributed by atoms with E-state index in [1.165, 1.54) is 12.3 Å². The molecule has 7 heteroatoms. The molecule has 0 spiro atoms. The zero-order valence-corrected chi connectivity index (χ0v) is 13.0. The molecule has 2 heterocycles. The minimum atomic E-state index is -0.561. The maximum Gasteiger partial charge on any atom is 0.250 e. The minimum absolute atomic E-state index is 0.276. The molecule has 6 nitrogen and oxygen atoms in total. The van der Waals surface area contributed by atoms with E-state index in [1.807, 2.05) is 23.1 Å². The van der Waals surface area contributed by atoms with Gasteiger partial charge in [-0.2, -0.15) is 0 Å². The summed E-state index contributed by atoms with van der Waals surface area (Å²) in [6.45, 7) is 1.64. The molecule has 0 aliphatic carbocycles. The molecule has 2 N–H and O–H groups in total. The first-order valence-electron chi connectivity index (χ1n) is 6.71. The zero-order valence-electron chi connectivity index (χ0n) is 12.2. The second-order valence-electron chi connectivity index (χ2n) is 4.63. The number of hydrogen-bond donors (Lipinski definition) is 1. The molecule has 0 radical (unpaired) electrons. The van der Waals surface area contributed by atoms with Crippen molar-refractivity contribution < 1.29 is 9.53 Å². The van der Waals surface area contributed by atoms with Gasteiger partial charge in [0.2, 0.25) is 5.91 Å². The maximum atomic E-state index is 11.2. The molecule has 0 bridgehead atoms. The van der Waals surface area contributed by atoms with Crippen molar-refractivity contribution in [3.05, 3.63) is 52.9 Å². The highest BCUT2D eigenvalue weighted by atomic mass is 35.5. The van der Waals surface area contributed by atoms with E-state index in [2.05, 4.69) is 9.97 Å². The Bertz CT molecular complexity index is 637. The standard InChI is InChI=1S/C15H17ClN4O2/c1-22-7-6-20(10-12-4-2-3-5-18-12)15-13(16)8-11(9-19-15)14(17)21/h2-5,8-9H,6-7,10H2,1H3,(H2,17,21). The first kappa shape index (κ1) is 16.2. The SMILES string of the molecule is COCCN(Cc1ccccn1)c1ncc(C(N)=O)cc1Cl. The summed E-state index contributed by atoms with van der Waals surface area (Å²) in [4.78, 5) is 21.7. The number of hydrogen-bond acceptors (Lipinski definition) is 5. The van der Waals surface area contributed by atoms with Crippen molar-refractivity contribution in [1.82, 2.24) is 9.97 Å². The van der Waals surface area contributed by atoms with Crippen molar-refractivity contribution in [2.75, 3.05) is 25.2 Å². The molecule has 0 saturated heterocycles. The van der Waals surface area contributed by atoms with Gasteiger partial charge in [-0.05, 0) is 18.2 Å². The maximum absolute atomic E-state index is 11.2. The van der Waals surface area contributed by atoms with Gasteiger partial charge in [-0.3, -0.25) is 9.78 Å². The fourth-order valence-corrected chi connectivity index (χ4v) is 2.23. The summed E-state index contributed by atoms with van der Waals surface area (Å²) in [5.41, 5.74) is 6.39. The predicted octanol–water partition coefficient (Wildman–Crippen LogP) is 1.88. The molecule has 2 rings (SSSR count). The van der Waals surface area contributed by atoms with Crippen LogP contribution in [0.5, 0.6) is 0 Å². The smallest absolute Gasteiger partial charge is 0.250 e. The number of rotatable bonds is 7. The summed E-state index contributed by atoms with van der Waals surface area (Å²) in [6, 6.07) is 7.22. The van der Waals surface area contributed by atoms with E-state index in [0.717, 1.165) is 5.69 Å². The highest BCUT2D eigenvalue weighted by Gasteiger charge is 2.15. The third-order valence-corrected chi connectivity index (χ3v) is 3.33. The van der Waals surface area contributed by atoms with Crippen LogP contribution in [0.4, 0.5) is 5.82 Å². The Balaban J connectivity index is 2.26. The number of carbonyl (C=O) groups is 1. The molecule has 0 atom stereocenters. The summed E-state index contributed by atoms with van der Waals surface area (Å²) in [7, 11) is 1.63. The molecular weight excluding hydrogens is 304 g/mol. The van der Waals surface area contributed by atoms with E-state index in [-0.39, 0.29) is 5.56 Å². The number of anilines is 1. The number of carbonyl (C=O) groups excluding carboxylic acids is 1. The molecule has 0 aliphatic heterocycles. The van der Waals surface area contributed by atoms with Gasteiger partial charge in [-0.15, -0.1) is 0 Å². The second-order valence-corrected chi connectivity index (χ2v) is 5.04. The molecule has 0 aromatic carbocycles. The Kier molecular flexibility index (Phi) is 5.68. The lowest BCUT2D eigenvalue weighted by Gasteiger charge is -2.24. The lowest BCUT2D eigenvalue weighted by atomic mass is 10.2. The Morgan fingerprint density at radius 1 is 1.41 bits per heavy atom. The van der Waals surface area contributed by atoms with Crippen molar-refractivity contribution in [3.8, 4) is 0 Å². The van der Waals surface area contributed by atoms with Gasteiger partial charge >= 0.3 is 0 Å². The van der Waals surface area contributed by atoms with Crippen molar-refractivity contribution in [1.29, 1.82) is 0 Å². The molecule has 2 aromatic rings. The van der Waals surface area contributed by atoms with Crippen LogP contribution in [-0.2, 0) is 11.3 Å². The fraction of sp³-hybridized carbons (Fsp3) is 0.267. The van der Waals surface area contributed by atoms with Crippen molar-refractivity contribution in [2.24, 2.45) is 5.73 Å². The van der Waals surface area contributed by atoms with Crippen LogP contribution in [0.1, 0.15) is 16.1 Å². The van der Waals surface area contributed by atoms with E-state index >= 15 is 0 Å². The predicted molar refractivity (Wildman–Crippen MR) is 84.9 cm³/mol. The Morgan fingerprint density at radius 2 is 2.23 bits per heavy atom. The average Bonchev–Trinajstić information content (AvgIpc) is 2.52. The van der Waals surface area contributed by atoms with Gasteiger partial charge in [-0.1, -0.05) is 17.7 Å². The van der Waals surface area contributed by atoms with Crippen LogP contribution in [0.2, 0.25) is 5.02 Å². The van der Waals surface area contributed by atoms with Gasteiger partial charge in [0.15, 0.2) is 0 Å². The summed E-state index contributed by atoms with van der Waals surface area (Å²) in [6.07, 6.45) is 3.15. The van der Waals surface area contributed by atoms with Crippen LogP contribution in [-0.4, -0.2) is 36.1 Å². The molecule has 0 unspecified atom stereocenters. The zero-order chi connectivity index (χ0) is 15.9. The van der Waals surface area contributed by atoms with E-state index in [1.54, 1.807) is 13.3 Å². The molecule has 0 saturated carbocycles. The van der Waals surface area contributed by atoms with Gasteiger partial charge < -0.3 is 15.4 Å². The number of aromatic nitrogens is 2. The van der Waals surface area contributed by atoms with Crippen LogP contribution < -0.4 is 10.6 Å². The Morgan fingerprint density at radius 3 is 2.82 bits per heavy atom. The molecule has 22 heavy (non-hydrogen) atoms. The van der Waals surface area contributed by atoms with Crippen LogP contribution in [0.25, 0.3) is 0 Å². The van der Waals surface area contributed by atoms with Crippen molar-refractivity contribution in [2.45, 2.75) is 6.54 Å². The quantitative estimate of drug-likeness (QED) is 0.842. The first-order chi connectivity index (χ1) is 10.6. The van der Waals surface area contributed by atoms with Gasteiger partial charge in [-0.25, -0.2) is 4.98 Å². The van der Waals surface area contributed by atoms with Gasteiger partial charge in [0.25, 0.3) is 0 Å². The number of primary amides is 1. The summed E-state index contributed by atoms with van der Waals surface area (Å²) >= 11 is 6.24. The van der Waals surface area contributed by atoms with Gasteiger partial charge in [0.05, 0.1) is 29.4 Å². The number of methoxy groups -OCH3 is 1. The van der Waals surface area contributed by atoms with Gasteiger partial charge in [0.1, 0.15) is 5.82 Å². The van der Waals surface area contributed by atoms with E-state index in [0.29, 0.717) is 30.5 Å². The Hall–Kier alpha value is -2.18. The molecule has 1 amide bonds. The third kappa shape index (κ3) is 4.16. The Labute approximate surface area is 133 Å². The normalized spacial score (nSPS) is 10.5. The van der Waals surface area contributed by atoms with E-state index in [4.69, 9.17) is 22.1 Å². The highest BCUT2D eigenvalue weighted by Crippen LogP contribution is 2.25. The monoisotopic (exact) mass is 320 g/mol.